The minimum atomic E-state index is 0.549. The van der Waals surface area contributed by atoms with Crippen LogP contribution in [0.2, 0.25) is 0 Å². The fraction of sp³-hybridized carbons (Fsp3) is 0.333. The third-order valence-electron chi connectivity index (χ3n) is 4.55. The molecule has 3 rings (SSSR count). The van der Waals surface area contributed by atoms with Gasteiger partial charge in [-0.3, -0.25) is 4.90 Å². The van der Waals surface area contributed by atoms with E-state index in [4.69, 9.17) is 0 Å². The number of likely N-dealkylation sites (tertiary alicyclic amines) is 1. The first kappa shape index (κ1) is 15.1. The van der Waals surface area contributed by atoms with Gasteiger partial charge in [0.1, 0.15) is 0 Å². The smallest absolute Gasteiger partial charge is 0.0357 e. The van der Waals surface area contributed by atoms with E-state index in [2.05, 4.69) is 79.4 Å². The van der Waals surface area contributed by atoms with Crippen molar-refractivity contribution in [1.82, 2.24) is 4.90 Å². The monoisotopic (exact) mass is 291 g/mol. The first-order valence-electron chi connectivity index (χ1n) is 8.26. The summed E-state index contributed by atoms with van der Waals surface area (Å²) in [6.07, 6.45) is 2.56. The molecule has 1 atom stereocenters. The van der Waals surface area contributed by atoms with Gasteiger partial charge in [-0.15, -0.1) is 0 Å². The summed E-state index contributed by atoms with van der Waals surface area (Å²) in [6.45, 7) is 6.75. The predicted molar refractivity (Wildman–Crippen MR) is 94.6 cm³/mol. The highest BCUT2D eigenvalue weighted by Crippen LogP contribution is 2.33. The Morgan fingerprint density at radius 2 is 1.59 bits per heavy atom. The van der Waals surface area contributed by atoms with Crippen LogP contribution < -0.4 is 0 Å². The Hall–Kier alpha value is -1.86. The van der Waals surface area contributed by atoms with Crippen molar-refractivity contribution in [2.24, 2.45) is 0 Å². The average Bonchev–Trinajstić information content (AvgIpc) is 2.97. The van der Waals surface area contributed by atoms with E-state index < -0.39 is 0 Å². The van der Waals surface area contributed by atoms with E-state index in [-0.39, 0.29) is 0 Å². The zero-order chi connectivity index (χ0) is 15.4. The van der Waals surface area contributed by atoms with Gasteiger partial charge in [-0.1, -0.05) is 66.2 Å². The van der Waals surface area contributed by atoms with Crippen molar-refractivity contribution in [2.75, 3.05) is 6.54 Å². The van der Waals surface area contributed by atoms with E-state index in [0.717, 1.165) is 6.54 Å². The van der Waals surface area contributed by atoms with Gasteiger partial charge in [0.05, 0.1) is 0 Å². The summed E-state index contributed by atoms with van der Waals surface area (Å²) in [5, 5.41) is 0. The molecular formula is C21H25N. The number of rotatable bonds is 4. The fourth-order valence-corrected chi connectivity index (χ4v) is 3.59. The molecule has 0 bridgehead atoms. The molecule has 0 radical (unpaired) electrons. The summed E-state index contributed by atoms with van der Waals surface area (Å²) in [7, 11) is 0. The van der Waals surface area contributed by atoms with Crippen molar-refractivity contribution in [3.63, 3.8) is 0 Å². The Bertz CT molecular complexity index is 623. The van der Waals surface area contributed by atoms with E-state index in [1.54, 1.807) is 0 Å². The predicted octanol–water partition coefficient (Wildman–Crippen LogP) is 5.14. The van der Waals surface area contributed by atoms with Crippen LogP contribution in [0.25, 0.3) is 5.57 Å². The van der Waals surface area contributed by atoms with E-state index in [9.17, 15) is 0 Å². The van der Waals surface area contributed by atoms with Crippen LogP contribution >= 0.6 is 0 Å². The van der Waals surface area contributed by atoms with Gasteiger partial charge in [0.2, 0.25) is 0 Å². The Kier molecular flexibility index (Phi) is 4.74. The van der Waals surface area contributed by atoms with Crippen molar-refractivity contribution in [3.8, 4) is 0 Å². The lowest BCUT2D eigenvalue weighted by molar-refractivity contribution is 0.287. The molecular weight excluding hydrogens is 266 g/mol. The van der Waals surface area contributed by atoms with Crippen LogP contribution in [0.15, 0.2) is 66.2 Å². The molecule has 1 nitrogen and oxygen atoms in total. The van der Waals surface area contributed by atoms with Crippen LogP contribution in [-0.4, -0.2) is 17.5 Å². The topological polar surface area (TPSA) is 3.24 Å². The summed E-state index contributed by atoms with van der Waals surface area (Å²) in [5.41, 5.74) is 5.76. The molecule has 1 fully saturated rings. The zero-order valence-electron chi connectivity index (χ0n) is 13.6. The van der Waals surface area contributed by atoms with Crippen LogP contribution in [0, 0.1) is 0 Å². The lowest BCUT2D eigenvalue weighted by Gasteiger charge is -2.28. The van der Waals surface area contributed by atoms with Crippen molar-refractivity contribution >= 4 is 5.57 Å². The van der Waals surface area contributed by atoms with Crippen LogP contribution in [0.3, 0.4) is 0 Å². The van der Waals surface area contributed by atoms with Gasteiger partial charge in [0.15, 0.2) is 0 Å². The Morgan fingerprint density at radius 3 is 2.23 bits per heavy atom. The van der Waals surface area contributed by atoms with Gasteiger partial charge in [-0.25, -0.2) is 0 Å². The highest BCUT2D eigenvalue weighted by atomic mass is 15.2. The van der Waals surface area contributed by atoms with Crippen LogP contribution in [0.4, 0.5) is 0 Å². The maximum atomic E-state index is 2.64. The zero-order valence-corrected chi connectivity index (χ0v) is 13.6. The van der Waals surface area contributed by atoms with Gasteiger partial charge in [0, 0.05) is 12.6 Å². The summed E-state index contributed by atoms with van der Waals surface area (Å²) in [5.74, 6) is 0. The second-order valence-electron chi connectivity index (χ2n) is 6.39. The molecule has 1 aliphatic heterocycles. The van der Waals surface area contributed by atoms with E-state index in [1.165, 1.54) is 41.7 Å². The normalized spacial score (nSPS) is 18.4. The molecule has 1 saturated heterocycles. The Balaban J connectivity index is 1.86. The van der Waals surface area contributed by atoms with Crippen molar-refractivity contribution in [1.29, 1.82) is 0 Å². The van der Waals surface area contributed by atoms with Crippen molar-refractivity contribution in [2.45, 2.75) is 39.3 Å². The first-order chi connectivity index (χ1) is 10.8. The van der Waals surface area contributed by atoms with E-state index in [1.807, 2.05) is 0 Å². The van der Waals surface area contributed by atoms with Gasteiger partial charge >= 0.3 is 0 Å². The van der Waals surface area contributed by atoms with Crippen molar-refractivity contribution < 1.29 is 0 Å². The molecule has 2 aromatic rings. The minimum Gasteiger partial charge on any atom is -0.292 e. The van der Waals surface area contributed by atoms with Crippen LogP contribution in [0.5, 0.6) is 0 Å². The molecule has 0 saturated carbocycles. The Morgan fingerprint density at radius 1 is 0.955 bits per heavy atom. The molecule has 0 amide bonds. The second-order valence-corrected chi connectivity index (χ2v) is 6.39. The number of benzene rings is 2. The van der Waals surface area contributed by atoms with Crippen LogP contribution in [-0.2, 0) is 6.54 Å². The quantitative estimate of drug-likeness (QED) is 0.753. The first-order valence-corrected chi connectivity index (χ1v) is 8.26. The standard InChI is InChI=1S/C21H25N/c1-17(2)21(19-12-7-4-8-13-19)20-14-9-15-22(20)16-18-10-5-3-6-11-18/h3-8,10-13,20H,9,14-16H2,1-2H3. The van der Waals surface area contributed by atoms with Gasteiger partial charge in [0.25, 0.3) is 0 Å². The van der Waals surface area contributed by atoms with Gasteiger partial charge < -0.3 is 0 Å². The fourth-order valence-electron chi connectivity index (χ4n) is 3.59. The van der Waals surface area contributed by atoms with E-state index in [0.29, 0.717) is 6.04 Å². The highest BCUT2D eigenvalue weighted by molar-refractivity contribution is 5.72. The van der Waals surface area contributed by atoms with Gasteiger partial charge in [-0.2, -0.15) is 0 Å². The molecule has 114 valence electrons. The number of hydrogen-bond acceptors (Lipinski definition) is 1. The van der Waals surface area contributed by atoms with Crippen molar-refractivity contribution in [3.05, 3.63) is 77.4 Å². The minimum absolute atomic E-state index is 0.549. The summed E-state index contributed by atoms with van der Waals surface area (Å²) >= 11 is 0. The second kappa shape index (κ2) is 6.93. The van der Waals surface area contributed by atoms with E-state index >= 15 is 0 Å². The molecule has 0 aromatic heterocycles. The number of hydrogen-bond donors (Lipinski definition) is 0. The van der Waals surface area contributed by atoms with Gasteiger partial charge in [-0.05, 0) is 49.9 Å². The molecule has 1 unspecified atom stereocenters. The number of nitrogens with zero attached hydrogens (tertiary/aromatic N) is 1. The average molecular weight is 291 g/mol. The molecule has 1 aliphatic rings. The molecule has 22 heavy (non-hydrogen) atoms. The SMILES string of the molecule is CC(C)=C(c1ccccc1)C1CCCN1Cc1ccccc1. The number of allylic oxidation sites excluding steroid dienone is 1. The molecule has 1 heteroatoms. The molecule has 0 aliphatic carbocycles. The molecule has 0 spiro atoms. The Labute approximate surface area is 134 Å². The summed E-state index contributed by atoms with van der Waals surface area (Å²) in [6, 6.07) is 22.3. The maximum absolute atomic E-state index is 2.64. The third-order valence-corrected chi connectivity index (χ3v) is 4.55. The lowest BCUT2D eigenvalue weighted by Crippen LogP contribution is -2.30. The van der Waals surface area contributed by atoms with Crippen LogP contribution in [0.1, 0.15) is 37.8 Å². The largest absolute Gasteiger partial charge is 0.292 e. The highest BCUT2D eigenvalue weighted by Gasteiger charge is 2.28. The molecule has 2 aromatic carbocycles. The lowest BCUT2D eigenvalue weighted by atomic mass is 9.92. The maximum Gasteiger partial charge on any atom is 0.0357 e. The third kappa shape index (κ3) is 3.31. The molecule has 0 N–H and O–H groups in total. The molecule has 1 heterocycles. The summed E-state index contributed by atoms with van der Waals surface area (Å²) < 4.78 is 0. The summed E-state index contributed by atoms with van der Waals surface area (Å²) in [4.78, 5) is 2.64.